The minimum Gasteiger partial charge on any atom is -0.478 e. The molecule has 0 bridgehead atoms. The number of carboxylic acids is 1. The quantitative estimate of drug-likeness (QED) is 0.873. The number of ether oxygens (including phenoxy) is 1. The van der Waals surface area contributed by atoms with E-state index in [0.717, 1.165) is 0 Å². The molecule has 7 heteroatoms. The van der Waals surface area contributed by atoms with Crippen molar-refractivity contribution >= 4 is 18.4 Å². The van der Waals surface area contributed by atoms with Crippen LogP contribution in [0, 0.1) is 5.82 Å². The summed E-state index contributed by atoms with van der Waals surface area (Å²) in [6, 6.07) is 6.42. The van der Waals surface area contributed by atoms with E-state index in [1.807, 2.05) is 6.92 Å². The van der Waals surface area contributed by atoms with Crippen LogP contribution in [0.25, 0.3) is 0 Å². The first-order valence-electron chi connectivity index (χ1n) is 7.06. The first kappa shape index (κ1) is 18.8. The third-order valence-corrected chi connectivity index (χ3v) is 3.19. The van der Waals surface area contributed by atoms with Gasteiger partial charge in [0.15, 0.2) is 0 Å². The van der Waals surface area contributed by atoms with E-state index in [1.54, 1.807) is 25.1 Å². The van der Waals surface area contributed by atoms with Gasteiger partial charge in [0.2, 0.25) is 11.7 Å². The van der Waals surface area contributed by atoms with Crippen LogP contribution in [-0.2, 0) is 12.8 Å². The molecular weight excluding hydrogens is 323 g/mol. The monoisotopic (exact) mass is 340 g/mol. The van der Waals surface area contributed by atoms with Crippen LogP contribution in [-0.4, -0.2) is 27.7 Å². The topological polar surface area (TPSA) is 72.3 Å². The number of carboxylic acid groups (broad SMARTS) is 1. The number of hydrogen-bond acceptors (Lipinski definition) is 4. The van der Waals surface area contributed by atoms with Crippen LogP contribution < -0.4 is 4.74 Å². The number of carbonyl (C=O) groups is 1. The summed E-state index contributed by atoms with van der Waals surface area (Å²) in [4.78, 5) is 19.1. The lowest BCUT2D eigenvalue weighted by Crippen LogP contribution is -2.13. The van der Waals surface area contributed by atoms with E-state index in [4.69, 9.17) is 9.84 Å². The number of halogens is 2. The number of nitrogens with zero attached hydrogens (tertiary/aromatic N) is 2. The van der Waals surface area contributed by atoms with Crippen LogP contribution >= 0.6 is 12.4 Å². The Morgan fingerprint density at radius 1 is 1.26 bits per heavy atom. The maximum atomic E-state index is 13.9. The fourth-order valence-corrected chi connectivity index (χ4v) is 2.16. The van der Waals surface area contributed by atoms with E-state index in [9.17, 15) is 9.18 Å². The van der Waals surface area contributed by atoms with Gasteiger partial charge >= 0.3 is 5.97 Å². The average Bonchev–Trinajstić information content (AvgIpc) is 2.50. The summed E-state index contributed by atoms with van der Waals surface area (Å²) in [6.07, 6.45) is 0.762. The Labute approximate surface area is 140 Å². The van der Waals surface area contributed by atoms with Crippen molar-refractivity contribution in [2.24, 2.45) is 0 Å². The third-order valence-electron chi connectivity index (χ3n) is 3.19. The molecule has 2 rings (SSSR count). The number of hydrogen-bond donors (Lipinski definition) is 1. The molecule has 23 heavy (non-hydrogen) atoms. The minimum atomic E-state index is -1.21. The highest BCUT2D eigenvalue weighted by Crippen LogP contribution is 2.24. The SMILES string of the molecule is CCOc1nc(C(=O)O)nc(CC)c1Cc1ccccc1F.Cl. The van der Waals surface area contributed by atoms with Gasteiger partial charge in [0.1, 0.15) is 5.82 Å². The van der Waals surface area contributed by atoms with Crippen molar-refractivity contribution in [3.63, 3.8) is 0 Å². The smallest absolute Gasteiger partial charge is 0.374 e. The number of rotatable bonds is 6. The summed E-state index contributed by atoms with van der Waals surface area (Å²) < 4.78 is 19.3. The molecule has 124 valence electrons. The average molecular weight is 341 g/mol. The Bertz CT molecular complexity index is 695. The van der Waals surface area contributed by atoms with Crippen LogP contribution in [0.2, 0.25) is 0 Å². The van der Waals surface area contributed by atoms with Gasteiger partial charge in [-0.3, -0.25) is 0 Å². The highest BCUT2D eigenvalue weighted by Gasteiger charge is 2.19. The number of aromatic carboxylic acids is 1. The molecule has 1 aromatic carbocycles. The van der Waals surface area contributed by atoms with Crippen LogP contribution in [0.1, 0.15) is 41.3 Å². The number of aromatic nitrogens is 2. The molecular formula is C16H18ClFN2O3. The zero-order chi connectivity index (χ0) is 16.1. The summed E-state index contributed by atoms with van der Waals surface area (Å²) in [5.41, 5.74) is 1.67. The van der Waals surface area contributed by atoms with Gasteiger partial charge in [-0.2, -0.15) is 4.98 Å². The standard InChI is InChI=1S/C16H17FN2O3.ClH/c1-3-13-11(9-10-7-5-6-8-12(10)17)15(22-4-2)19-14(18-13)16(20)21;/h5-8H,3-4,9H2,1-2H3,(H,20,21);1H. The molecule has 0 aliphatic rings. The molecule has 0 unspecified atom stereocenters. The predicted octanol–water partition coefficient (Wildman–Crippen LogP) is 3.29. The van der Waals surface area contributed by atoms with E-state index in [0.29, 0.717) is 29.8 Å². The van der Waals surface area contributed by atoms with Gasteiger partial charge in [0, 0.05) is 12.0 Å². The first-order valence-corrected chi connectivity index (χ1v) is 7.06. The van der Waals surface area contributed by atoms with E-state index in [1.165, 1.54) is 6.07 Å². The molecule has 0 fully saturated rings. The van der Waals surface area contributed by atoms with Crippen molar-refractivity contribution < 1.29 is 19.0 Å². The maximum absolute atomic E-state index is 13.9. The Balaban J connectivity index is 0.00000264. The second-order valence-electron chi connectivity index (χ2n) is 4.64. The van der Waals surface area contributed by atoms with Crippen LogP contribution in [0.15, 0.2) is 24.3 Å². The molecule has 2 aromatic rings. The summed E-state index contributed by atoms with van der Waals surface area (Å²) >= 11 is 0. The molecule has 0 spiro atoms. The second kappa shape index (κ2) is 8.43. The van der Waals surface area contributed by atoms with Crippen LogP contribution in [0.5, 0.6) is 5.88 Å². The van der Waals surface area contributed by atoms with Gasteiger partial charge in [0.05, 0.1) is 12.3 Å². The normalized spacial score (nSPS) is 10.0. The lowest BCUT2D eigenvalue weighted by molar-refractivity contribution is 0.0681. The van der Waals surface area contributed by atoms with Crippen LogP contribution in [0.3, 0.4) is 0 Å². The molecule has 1 aromatic heterocycles. The van der Waals surface area contributed by atoms with E-state index in [2.05, 4.69) is 9.97 Å². The van der Waals surface area contributed by atoms with Gasteiger partial charge in [-0.15, -0.1) is 12.4 Å². The van der Waals surface area contributed by atoms with Crippen molar-refractivity contribution in [1.82, 2.24) is 9.97 Å². The zero-order valence-electron chi connectivity index (χ0n) is 12.9. The molecule has 5 nitrogen and oxygen atoms in total. The first-order chi connectivity index (χ1) is 10.6. The van der Waals surface area contributed by atoms with Gasteiger partial charge < -0.3 is 9.84 Å². The molecule has 1 heterocycles. The fraction of sp³-hybridized carbons (Fsp3) is 0.312. The van der Waals surface area contributed by atoms with Gasteiger partial charge in [0.25, 0.3) is 0 Å². The predicted molar refractivity (Wildman–Crippen MR) is 86.0 cm³/mol. The highest BCUT2D eigenvalue weighted by atomic mass is 35.5. The number of aryl methyl sites for hydroxylation is 1. The Morgan fingerprint density at radius 3 is 2.52 bits per heavy atom. The number of benzene rings is 1. The fourth-order valence-electron chi connectivity index (χ4n) is 2.16. The molecule has 0 atom stereocenters. The molecule has 0 aliphatic carbocycles. The Hall–Kier alpha value is -2.21. The molecule has 0 saturated carbocycles. The second-order valence-corrected chi connectivity index (χ2v) is 4.64. The van der Waals surface area contributed by atoms with Gasteiger partial charge in [-0.1, -0.05) is 25.1 Å². The summed E-state index contributed by atoms with van der Waals surface area (Å²) in [5, 5.41) is 9.08. The zero-order valence-corrected chi connectivity index (χ0v) is 13.7. The largest absolute Gasteiger partial charge is 0.478 e. The summed E-state index contributed by atoms with van der Waals surface area (Å²) in [6.45, 7) is 3.97. The summed E-state index contributed by atoms with van der Waals surface area (Å²) in [7, 11) is 0. The molecule has 1 N–H and O–H groups in total. The molecule has 0 saturated heterocycles. The molecule has 0 radical (unpaired) electrons. The molecule has 0 aliphatic heterocycles. The Kier molecular flexibility index (Phi) is 6.90. The van der Waals surface area contributed by atoms with E-state index < -0.39 is 5.97 Å². The molecule has 0 amide bonds. The van der Waals surface area contributed by atoms with E-state index in [-0.39, 0.29) is 36.3 Å². The van der Waals surface area contributed by atoms with Crippen LogP contribution in [0.4, 0.5) is 4.39 Å². The Morgan fingerprint density at radius 2 is 1.96 bits per heavy atom. The lowest BCUT2D eigenvalue weighted by atomic mass is 10.0. The van der Waals surface area contributed by atoms with E-state index >= 15 is 0 Å². The van der Waals surface area contributed by atoms with Crippen molar-refractivity contribution in [2.45, 2.75) is 26.7 Å². The highest BCUT2D eigenvalue weighted by molar-refractivity contribution is 5.85. The van der Waals surface area contributed by atoms with Crippen molar-refractivity contribution in [3.8, 4) is 5.88 Å². The lowest BCUT2D eigenvalue weighted by Gasteiger charge is -2.14. The summed E-state index contributed by atoms with van der Waals surface area (Å²) in [5.74, 6) is -1.64. The van der Waals surface area contributed by atoms with Crippen molar-refractivity contribution in [2.75, 3.05) is 6.61 Å². The third kappa shape index (κ3) is 4.39. The van der Waals surface area contributed by atoms with Gasteiger partial charge in [-0.05, 0) is 25.0 Å². The minimum absolute atomic E-state index is 0. The van der Waals surface area contributed by atoms with Crippen molar-refractivity contribution in [3.05, 3.63) is 52.7 Å². The maximum Gasteiger partial charge on any atom is 0.374 e. The van der Waals surface area contributed by atoms with Crippen molar-refractivity contribution in [1.29, 1.82) is 0 Å². The van der Waals surface area contributed by atoms with Gasteiger partial charge in [-0.25, -0.2) is 14.2 Å².